The molecule has 1 aromatic heterocycles. The number of hydrogen-bond acceptors (Lipinski definition) is 2. The molecule has 0 saturated carbocycles. The van der Waals surface area contributed by atoms with Crippen LogP contribution in [0, 0.1) is 6.92 Å². The topological polar surface area (TPSA) is 30.2 Å². The van der Waals surface area contributed by atoms with Gasteiger partial charge >= 0.3 is 0 Å². The summed E-state index contributed by atoms with van der Waals surface area (Å²) in [5, 5.41) is 0. The first kappa shape index (κ1) is 20.2. The third-order valence-corrected chi connectivity index (χ3v) is 5.70. The van der Waals surface area contributed by atoms with Gasteiger partial charge in [-0.2, -0.15) is 0 Å². The van der Waals surface area contributed by atoms with E-state index in [4.69, 9.17) is 0 Å². The molecule has 0 fully saturated rings. The molecular formula is C24H31N3O. The molecule has 0 saturated heterocycles. The molecule has 0 amide bonds. The van der Waals surface area contributed by atoms with Crippen molar-refractivity contribution < 1.29 is 0 Å². The Kier molecular flexibility index (Phi) is 5.90. The SMILES string of the molecule is Cc1ccccc1C(C)N(C)Cc1c(C(C)C)c(=O)n(-c2ccccc2)n1C. The van der Waals surface area contributed by atoms with Gasteiger partial charge in [0.25, 0.3) is 5.56 Å². The van der Waals surface area contributed by atoms with Crippen LogP contribution in [0.5, 0.6) is 0 Å². The second-order valence-corrected chi connectivity index (χ2v) is 7.94. The van der Waals surface area contributed by atoms with Crippen molar-refractivity contribution >= 4 is 0 Å². The van der Waals surface area contributed by atoms with Crippen LogP contribution in [0.1, 0.15) is 55.1 Å². The molecule has 148 valence electrons. The van der Waals surface area contributed by atoms with Crippen molar-refractivity contribution in [3.63, 3.8) is 0 Å². The van der Waals surface area contributed by atoms with Gasteiger partial charge in [-0.25, -0.2) is 4.68 Å². The van der Waals surface area contributed by atoms with Crippen molar-refractivity contribution in [1.29, 1.82) is 0 Å². The van der Waals surface area contributed by atoms with E-state index >= 15 is 0 Å². The van der Waals surface area contributed by atoms with Crippen LogP contribution in [0.25, 0.3) is 5.69 Å². The Bertz CT molecular complexity index is 998. The highest BCUT2D eigenvalue weighted by atomic mass is 16.1. The van der Waals surface area contributed by atoms with E-state index < -0.39 is 0 Å². The fourth-order valence-corrected chi connectivity index (χ4v) is 3.96. The number of rotatable bonds is 6. The minimum atomic E-state index is 0.0793. The summed E-state index contributed by atoms with van der Waals surface area (Å²) in [6, 6.07) is 18.6. The van der Waals surface area contributed by atoms with Gasteiger partial charge < -0.3 is 0 Å². The third kappa shape index (κ3) is 3.69. The van der Waals surface area contributed by atoms with Crippen LogP contribution in [0.15, 0.2) is 59.4 Å². The molecule has 4 nitrogen and oxygen atoms in total. The second-order valence-electron chi connectivity index (χ2n) is 7.94. The van der Waals surface area contributed by atoms with Crippen molar-refractivity contribution in [3.8, 4) is 5.69 Å². The van der Waals surface area contributed by atoms with E-state index in [9.17, 15) is 4.79 Å². The third-order valence-electron chi connectivity index (χ3n) is 5.70. The van der Waals surface area contributed by atoms with E-state index in [1.165, 1.54) is 11.1 Å². The smallest absolute Gasteiger partial charge is 0.275 e. The van der Waals surface area contributed by atoms with Crippen molar-refractivity contribution in [1.82, 2.24) is 14.3 Å². The second kappa shape index (κ2) is 8.19. The molecular weight excluding hydrogens is 346 g/mol. The molecule has 28 heavy (non-hydrogen) atoms. The zero-order chi connectivity index (χ0) is 20.4. The average Bonchev–Trinajstić information content (AvgIpc) is 2.92. The quantitative estimate of drug-likeness (QED) is 0.618. The average molecular weight is 378 g/mol. The van der Waals surface area contributed by atoms with Crippen LogP contribution in [-0.2, 0) is 13.6 Å². The molecule has 3 rings (SSSR count). The van der Waals surface area contributed by atoms with E-state index in [0.717, 1.165) is 16.9 Å². The predicted molar refractivity (Wildman–Crippen MR) is 116 cm³/mol. The van der Waals surface area contributed by atoms with Gasteiger partial charge in [0.1, 0.15) is 0 Å². The standard InChI is InChI=1S/C24H31N3O/c1-17(2)23-22(16-25(5)19(4)21-15-11-10-12-18(21)3)26(6)27(24(23)28)20-13-8-7-9-14-20/h7-15,17,19H,16H2,1-6H3. The number of aryl methyl sites for hydroxylation is 1. The summed E-state index contributed by atoms with van der Waals surface area (Å²) in [4.78, 5) is 15.6. The summed E-state index contributed by atoms with van der Waals surface area (Å²) >= 11 is 0. The lowest BCUT2D eigenvalue weighted by Crippen LogP contribution is -2.25. The summed E-state index contributed by atoms with van der Waals surface area (Å²) in [7, 11) is 4.12. The summed E-state index contributed by atoms with van der Waals surface area (Å²) in [6.45, 7) is 9.29. The van der Waals surface area contributed by atoms with Gasteiger partial charge in [-0.1, -0.05) is 56.3 Å². The number of hydrogen-bond donors (Lipinski definition) is 0. The predicted octanol–water partition coefficient (Wildman–Crippen LogP) is 4.80. The van der Waals surface area contributed by atoms with Crippen LogP contribution >= 0.6 is 0 Å². The lowest BCUT2D eigenvalue weighted by molar-refractivity contribution is 0.244. The lowest BCUT2D eigenvalue weighted by Gasteiger charge is -2.27. The Labute approximate surface area is 168 Å². The zero-order valence-electron chi connectivity index (χ0n) is 17.8. The maximum absolute atomic E-state index is 13.3. The van der Waals surface area contributed by atoms with Crippen molar-refractivity contribution in [2.24, 2.45) is 7.05 Å². The largest absolute Gasteiger partial charge is 0.294 e. The fourth-order valence-electron chi connectivity index (χ4n) is 3.96. The Morgan fingerprint density at radius 3 is 2.18 bits per heavy atom. The monoisotopic (exact) mass is 377 g/mol. The van der Waals surface area contributed by atoms with Gasteiger partial charge in [0.05, 0.1) is 11.4 Å². The molecule has 0 N–H and O–H groups in total. The molecule has 0 aliphatic rings. The van der Waals surface area contributed by atoms with Crippen LogP contribution < -0.4 is 5.56 Å². The van der Waals surface area contributed by atoms with Gasteiger partial charge in [-0.05, 0) is 50.1 Å². The van der Waals surface area contributed by atoms with Crippen molar-refractivity contribution in [2.45, 2.75) is 46.2 Å². The summed E-state index contributed by atoms with van der Waals surface area (Å²) in [5.41, 5.74) is 5.57. The molecule has 1 unspecified atom stereocenters. The molecule has 4 heteroatoms. The van der Waals surface area contributed by atoms with E-state index in [1.807, 2.05) is 42.1 Å². The maximum atomic E-state index is 13.3. The van der Waals surface area contributed by atoms with Crippen LogP contribution in [0.4, 0.5) is 0 Å². The molecule has 1 heterocycles. The number of para-hydroxylation sites is 1. The van der Waals surface area contributed by atoms with Crippen LogP contribution in [0.2, 0.25) is 0 Å². The first-order chi connectivity index (χ1) is 13.3. The van der Waals surface area contributed by atoms with Crippen LogP contribution in [-0.4, -0.2) is 21.3 Å². The normalized spacial score (nSPS) is 12.7. The Morgan fingerprint density at radius 2 is 1.57 bits per heavy atom. The number of benzene rings is 2. The minimum Gasteiger partial charge on any atom is -0.294 e. The van der Waals surface area contributed by atoms with Gasteiger partial charge in [-0.3, -0.25) is 14.4 Å². The molecule has 0 aliphatic heterocycles. The van der Waals surface area contributed by atoms with Crippen LogP contribution in [0.3, 0.4) is 0 Å². The zero-order valence-corrected chi connectivity index (χ0v) is 17.8. The first-order valence-corrected chi connectivity index (χ1v) is 9.94. The summed E-state index contributed by atoms with van der Waals surface area (Å²) in [6.07, 6.45) is 0. The Balaban J connectivity index is 2.02. The van der Waals surface area contributed by atoms with E-state index in [2.05, 4.69) is 63.9 Å². The molecule has 3 aromatic rings. The highest BCUT2D eigenvalue weighted by Crippen LogP contribution is 2.26. The van der Waals surface area contributed by atoms with E-state index in [1.54, 1.807) is 4.68 Å². The number of nitrogens with zero attached hydrogens (tertiary/aromatic N) is 3. The molecule has 0 spiro atoms. The van der Waals surface area contributed by atoms with Crippen molar-refractivity contribution in [2.75, 3.05) is 7.05 Å². The fraction of sp³-hybridized carbons (Fsp3) is 0.375. The van der Waals surface area contributed by atoms with Crippen molar-refractivity contribution in [3.05, 3.63) is 87.3 Å². The molecule has 0 aliphatic carbocycles. The first-order valence-electron chi connectivity index (χ1n) is 9.94. The minimum absolute atomic E-state index is 0.0793. The van der Waals surface area contributed by atoms with Gasteiger partial charge in [-0.15, -0.1) is 0 Å². The van der Waals surface area contributed by atoms with E-state index in [0.29, 0.717) is 6.54 Å². The highest BCUT2D eigenvalue weighted by molar-refractivity contribution is 5.35. The molecule has 0 bridgehead atoms. The number of aromatic nitrogens is 2. The van der Waals surface area contributed by atoms with Gasteiger partial charge in [0, 0.05) is 25.2 Å². The lowest BCUT2D eigenvalue weighted by atomic mass is 10.00. The Hall–Kier alpha value is -2.59. The molecule has 1 atom stereocenters. The highest BCUT2D eigenvalue weighted by Gasteiger charge is 2.24. The summed E-state index contributed by atoms with van der Waals surface area (Å²) < 4.78 is 3.81. The maximum Gasteiger partial charge on any atom is 0.275 e. The summed E-state index contributed by atoms with van der Waals surface area (Å²) in [5.74, 6) is 0.167. The Morgan fingerprint density at radius 1 is 0.964 bits per heavy atom. The molecule has 2 aromatic carbocycles. The molecule has 0 radical (unpaired) electrons. The van der Waals surface area contributed by atoms with E-state index in [-0.39, 0.29) is 17.5 Å². The van der Waals surface area contributed by atoms with Gasteiger partial charge in [0.2, 0.25) is 0 Å². The van der Waals surface area contributed by atoms with Gasteiger partial charge in [0.15, 0.2) is 0 Å².